The summed E-state index contributed by atoms with van der Waals surface area (Å²) in [6.07, 6.45) is -0.112. The average molecular weight is 298 g/mol. The molecule has 0 bridgehead atoms. The van der Waals surface area contributed by atoms with Crippen molar-refractivity contribution in [1.29, 1.82) is 0 Å². The molecule has 1 atom stereocenters. The van der Waals surface area contributed by atoms with Gasteiger partial charge in [0.05, 0.1) is 6.04 Å². The second-order valence-corrected chi connectivity index (χ2v) is 4.74. The quantitative estimate of drug-likeness (QED) is 0.516. The van der Waals surface area contributed by atoms with Gasteiger partial charge in [-0.2, -0.15) is 0 Å². The van der Waals surface area contributed by atoms with Crippen LogP contribution in [0.15, 0.2) is 30.3 Å². The molecule has 2 aromatic rings. The zero-order valence-electron chi connectivity index (χ0n) is 11.3. The van der Waals surface area contributed by atoms with Crippen LogP contribution in [0.5, 0.6) is 0 Å². The summed E-state index contributed by atoms with van der Waals surface area (Å²) in [5.41, 5.74) is 2.45. The molecule has 1 unspecified atom stereocenters. The van der Waals surface area contributed by atoms with Crippen LogP contribution < -0.4 is 11.3 Å². The number of hydrazine groups is 1. The fraction of sp³-hybridized carbons (Fsp3) is 0.200. The number of hydrogen-bond donors (Lipinski definition) is 2. The molecule has 0 saturated carbocycles. The number of halogens is 4. The summed E-state index contributed by atoms with van der Waals surface area (Å²) in [6, 6.07) is 5.58. The molecule has 2 aromatic carbocycles. The minimum atomic E-state index is -1.05. The van der Waals surface area contributed by atoms with Crippen molar-refractivity contribution in [2.45, 2.75) is 19.4 Å². The molecule has 0 aromatic heterocycles. The van der Waals surface area contributed by atoms with E-state index in [-0.39, 0.29) is 23.1 Å². The van der Waals surface area contributed by atoms with E-state index >= 15 is 0 Å². The van der Waals surface area contributed by atoms with Gasteiger partial charge in [0, 0.05) is 5.56 Å². The predicted molar refractivity (Wildman–Crippen MR) is 71.2 cm³/mol. The first kappa shape index (κ1) is 15.5. The molecule has 2 nitrogen and oxygen atoms in total. The second kappa shape index (κ2) is 6.24. The molecule has 0 aliphatic heterocycles. The van der Waals surface area contributed by atoms with E-state index in [2.05, 4.69) is 5.43 Å². The molecule has 0 aliphatic rings. The summed E-state index contributed by atoms with van der Waals surface area (Å²) in [5, 5.41) is 0. The lowest BCUT2D eigenvalue weighted by Gasteiger charge is -2.18. The van der Waals surface area contributed by atoms with Crippen molar-refractivity contribution in [3.05, 3.63) is 70.3 Å². The molecule has 3 N–H and O–H groups in total. The number of nitrogens with two attached hydrogens (primary N) is 1. The maximum absolute atomic E-state index is 13.9. The van der Waals surface area contributed by atoms with Gasteiger partial charge >= 0.3 is 0 Å². The SMILES string of the molecule is Cc1ccc(C(Cc2cccc(F)c2F)NN)c(F)c1F. The fourth-order valence-electron chi connectivity index (χ4n) is 2.11. The van der Waals surface area contributed by atoms with Gasteiger partial charge in [-0.3, -0.25) is 11.3 Å². The van der Waals surface area contributed by atoms with Crippen molar-refractivity contribution in [2.75, 3.05) is 0 Å². The van der Waals surface area contributed by atoms with Gasteiger partial charge in [-0.1, -0.05) is 24.3 Å². The summed E-state index contributed by atoms with van der Waals surface area (Å²) in [7, 11) is 0. The Labute approximate surface area is 119 Å². The van der Waals surface area contributed by atoms with E-state index in [0.29, 0.717) is 0 Å². The zero-order valence-corrected chi connectivity index (χ0v) is 11.3. The molecule has 0 fully saturated rings. The average Bonchev–Trinajstić information content (AvgIpc) is 2.47. The third-order valence-corrected chi connectivity index (χ3v) is 3.34. The highest BCUT2D eigenvalue weighted by Crippen LogP contribution is 2.25. The number of rotatable bonds is 4. The standard InChI is InChI=1S/C15H14F4N2/c1-8-5-6-10(15(19)13(8)17)12(21-20)7-9-3-2-4-11(16)14(9)18/h2-6,12,21H,7,20H2,1H3. The molecule has 112 valence electrons. The van der Waals surface area contributed by atoms with E-state index in [1.54, 1.807) is 0 Å². The van der Waals surface area contributed by atoms with Crippen molar-refractivity contribution < 1.29 is 17.6 Å². The first-order valence-electron chi connectivity index (χ1n) is 6.29. The largest absolute Gasteiger partial charge is 0.271 e. The summed E-state index contributed by atoms with van der Waals surface area (Å²) in [5.74, 6) is 1.29. The maximum atomic E-state index is 13.9. The van der Waals surface area contributed by atoms with E-state index in [9.17, 15) is 17.6 Å². The third-order valence-electron chi connectivity index (χ3n) is 3.34. The van der Waals surface area contributed by atoms with E-state index in [0.717, 1.165) is 6.07 Å². The van der Waals surface area contributed by atoms with Gasteiger partial charge < -0.3 is 0 Å². The van der Waals surface area contributed by atoms with Crippen molar-refractivity contribution >= 4 is 0 Å². The molecule has 0 amide bonds. The Hall–Kier alpha value is -1.92. The Kier molecular flexibility index (Phi) is 4.59. The lowest BCUT2D eigenvalue weighted by Crippen LogP contribution is -2.31. The van der Waals surface area contributed by atoms with Crippen LogP contribution in [0.4, 0.5) is 17.6 Å². The van der Waals surface area contributed by atoms with Gasteiger partial charge in [-0.25, -0.2) is 17.6 Å². The van der Waals surface area contributed by atoms with Crippen LogP contribution in [0.2, 0.25) is 0 Å². The summed E-state index contributed by atoms with van der Waals surface area (Å²) >= 11 is 0. The lowest BCUT2D eigenvalue weighted by atomic mass is 9.97. The highest BCUT2D eigenvalue weighted by Gasteiger charge is 2.21. The van der Waals surface area contributed by atoms with Crippen LogP contribution in [0.1, 0.15) is 22.7 Å². The Morgan fingerprint density at radius 3 is 2.38 bits per heavy atom. The van der Waals surface area contributed by atoms with Crippen LogP contribution in [-0.4, -0.2) is 0 Å². The predicted octanol–water partition coefficient (Wildman–Crippen LogP) is 3.30. The van der Waals surface area contributed by atoms with Gasteiger partial charge in [0.25, 0.3) is 0 Å². The maximum Gasteiger partial charge on any atom is 0.163 e. The molecule has 21 heavy (non-hydrogen) atoms. The van der Waals surface area contributed by atoms with E-state index < -0.39 is 29.3 Å². The summed E-state index contributed by atoms with van der Waals surface area (Å²) in [6.45, 7) is 1.43. The number of aryl methyl sites for hydroxylation is 1. The highest BCUT2D eigenvalue weighted by atomic mass is 19.2. The smallest absolute Gasteiger partial charge is 0.163 e. The van der Waals surface area contributed by atoms with Gasteiger partial charge in [-0.05, 0) is 30.5 Å². The van der Waals surface area contributed by atoms with E-state index in [1.165, 1.54) is 31.2 Å². The minimum absolute atomic E-state index is 0.0262. The van der Waals surface area contributed by atoms with Gasteiger partial charge in [0.1, 0.15) is 0 Å². The monoisotopic (exact) mass is 298 g/mol. The molecule has 0 heterocycles. The van der Waals surface area contributed by atoms with Gasteiger partial charge in [0.15, 0.2) is 23.3 Å². The van der Waals surface area contributed by atoms with E-state index in [4.69, 9.17) is 5.84 Å². The van der Waals surface area contributed by atoms with Crippen molar-refractivity contribution in [3.8, 4) is 0 Å². The fourth-order valence-corrected chi connectivity index (χ4v) is 2.11. The molecule has 0 spiro atoms. The molecule has 2 rings (SSSR count). The zero-order chi connectivity index (χ0) is 15.6. The Bertz CT molecular complexity index is 658. The second-order valence-electron chi connectivity index (χ2n) is 4.74. The van der Waals surface area contributed by atoms with Crippen LogP contribution in [0.3, 0.4) is 0 Å². The number of nitrogens with one attached hydrogen (secondary N) is 1. The molecule has 6 heteroatoms. The molecule has 0 saturated heterocycles. The highest BCUT2D eigenvalue weighted by molar-refractivity contribution is 5.30. The van der Waals surface area contributed by atoms with Crippen molar-refractivity contribution in [2.24, 2.45) is 5.84 Å². The summed E-state index contributed by atoms with van der Waals surface area (Å²) < 4.78 is 54.4. The van der Waals surface area contributed by atoms with Crippen molar-refractivity contribution in [3.63, 3.8) is 0 Å². The minimum Gasteiger partial charge on any atom is -0.271 e. The van der Waals surface area contributed by atoms with Crippen LogP contribution in [-0.2, 0) is 6.42 Å². The van der Waals surface area contributed by atoms with Gasteiger partial charge in [0.2, 0.25) is 0 Å². The third kappa shape index (κ3) is 3.06. The number of benzene rings is 2. The Morgan fingerprint density at radius 2 is 1.71 bits per heavy atom. The molecular weight excluding hydrogens is 284 g/mol. The van der Waals surface area contributed by atoms with Gasteiger partial charge in [-0.15, -0.1) is 0 Å². The van der Waals surface area contributed by atoms with Crippen LogP contribution in [0.25, 0.3) is 0 Å². The summed E-state index contributed by atoms with van der Waals surface area (Å²) in [4.78, 5) is 0. The first-order valence-corrected chi connectivity index (χ1v) is 6.29. The first-order chi connectivity index (χ1) is 9.95. The van der Waals surface area contributed by atoms with E-state index in [1.807, 2.05) is 0 Å². The number of hydrogen-bond acceptors (Lipinski definition) is 2. The molecular formula is C15H14F4N2. The van der Waals surface area contributed by atoms with Crippen LogP contribution >= 0.6 is 0 Å². The topological polar surface area (TPSA) is 38.0 Å². The normalized spacial score (nSPS) is 12.5. The molecule has 0 aliphatic carbocycles. The molecule has 0 radical (unpaired) electrons. The lowest BCUT2D eigenvalue weighted by molar-refractivity contribution is 0.450. The van der Waals surface area contributed by atoms with Crippen molar-refractivity contribution in [1.82, 2.24) is 5.43 Å². The van der Waals surface area contributed by atoms with Crippen LogP contribution in [0, 0.1) is 30.2 Å². The Morgan fingerprint density at radius 1 is 1.00 bits per heavy atom. The Balaban J connectivity index is 2.37.